The van der Waals surface area contributed by atoms with Crippen LogP contribution in [0.25, 0.3) is 0 Å². The average molecular weight is 249 g/mol. The maximum atomic E-state index is 12.5. The van der Waals surface area contributed by atoms with E-state index in [1.165, 1.54) is 0 Å². The molecule has 0 atom stereocenters. The van der Waals surface area contributed by atoms with Gasteiger partial charge in [-0.15, -0.1) is 0 Å². The molecule has 2 N–H and O–H groups in total. The van der Waals surface area contributed by atoms with Gasteiger partial charge in [0.15, 0.2) is 0 Å². The summed E-state index contributed by atoms with van der Waals surface area (Å²) in [5.74, 6) is 0.124. The Bertz CT molecular complexity index is 366. The predicted molar refractivity (Wildman–Crippen MR) is 72.8 cm³/mol. The van der Waals surface area contributed by atoms with Crippen molar-refractivity contribution >= 4 is 5.91 Å². The number of carbonyl (C=O) groups excluding carboxylic acids is 1. The molecule has 4 nitrogen and oxygen atoms in total. The molecular formula is C14H23N3O. The molecule has 0 bridgehead atoms. The summed E-state index contributed by atoms with van der Waals surface area (Å²) >= 11 is 0. The van der Waals surface area contributed by atoms with Gasteiger partial charge in [0, 0.05) is 32.5 Å². The van der Waals surface area contributed by atoms with E-state index in [-0.39, 0.29) is 5.91 Å². The van der Waals surface area contributed by atoms with Gasteiger partial charge in [0.05, 0.1) is 5.41 Å². The first-order valence-electron chi connectivity index (χ1n) is 6.44. The molecule has 0 aromatic carbocycles. The van der Waals surface area contributed by atoms with Crippen LogP contribution in [-0.4, -0.2) is 29.4 Å². The Kier molecular flexibility index (Phi) is 5.28. The van der Waals surface area contributed by atoms with E-state index in [1.807, 2.05) is 33.0 Å². The van der Waals surface area contributed by atoms with Crippen molar-refractivity contribution < 1.29 is 4.79 Å². The number of nitrogens with two attached hydrogens (primary N) is 1. The van der Waals surface area contributed by atoms with Gasteiger partial charge in [-0.25, -0.2) is 0 Å². The summed E-state index contributed by atoms with van der Waals surface area (Å²) in [7, 11) is 1.82. The molecule has 1 amide bonds. The summed E-state index contributed by atoms with van der Waals surface area (Å²) in [6.45, 7) is 5.02. The second-order valence-corrected chi connectivity index (χ2v) is 4.71. The third-order valence-electron chi connectivity index (χ3n) is 3.69. The van der Waals surface area contributed by atoms with Gasteiger partial charge >= 0.3 is 0 Å². The normalized spacial score (nSPS) is 11.3. The summed E-state index contributed by atoms with van der Waals surface area (Å²) in [6.07, 6.45) is 5.06. The second kappa shape index (κ2) is 6.50. The van der Waals surface area contributed by atoms with Crippen molar-refractivity contribution in [2.75, 3.05) is 13.6 Å². The maximum absolute atomic E-state index is 12.5. The van der Waals surface area contributed by atoms with Crippen LogP contribution in [0.3, 0.4) is 0 Å². The molecular weight excluding hydrogens is 226 g/mol. The van der Waals surface area contributed by atoms with Crippen LogP contribution in [0.5, 0.6) is 0 Å². The molecule has 1 aromatic rings. The molecule has 0 aliphatic rings. The first kappa shape index (κ1) is 14.6. The van der Waals surface area contributed by atoms with Gasteiger partial charge < -0.3 is 10.6 Å². The highest BCUT2D eigenvalue weighted by atomic mass is 16.2. The van der Waals surface area contributed by atoms with Crippen LogP contribution in [-0.2, 0) is 11.3 Å². The summed E-state index contributed by atoms with van der Waals surface area (Å²) in [6, 6.07) is 3.85. The van der Waals surface area contributed by atoms with E-state index >= 15 is 0 Å². The standard InChI is InChI=1S/C14H23N3O/c1-4-14(5-2,11-15)13(18)17(3)10-12-7-6-8-16-9-12/h6-9H,4-5,10-11,15H2,1-3H3. The van der Waals surface area contributed by atoms with Gasteiger partial charge in [0.25, 0.3) is 0 Å². The lowest BCUT2D eigenvalue weighted by Crippen LogP contribution is -2.45. The number of carbonyl (C=O) groups is 1. The summed E-state index contributed by atoms with van der Waals surface area (Å²) in [5, 5.41) is 0. The third kappa shape index (κ3) is 3.07. The molecule has 1 aromatic heterocycles. The van der Waals surface area contributed by atoms with Gasteiger partial charge in [0.1, 0.15) is 0 Å². The molecule has 18 heavy (non-hydrogen) atoms. The number of hydrogen-bond donors (Lipinski definition) is 1. The fourth-order valence-corrected chi connectivity index (χ4v) is 2.17. The van der Waals surface area contributed by atoms with Crippen LogP contribution in [0.4, 0.5) is 0 Å². The summed E-state index contributed by atoms with van der Waals surface area (Å²) in [5.41, 5.74) is 6.42. The minimum Gasteiger partial charge on any atom is -0.341 e. The highest BCUT2D eigenvalue weighted by molar-refractivity contribution is 5.82. The van der Waals surface area contributed by atoms with Crippen LogP contribution in [0, 0.1) is 5.41 Å². The molecule has 0 aliphatic heterocycles. The van der Waals surface area contributed by atoms with Crippen molar-refractivity contribution in [3.8, 4) is 0 Å². The summed E-state index contributed by atoms with van der Waals surface area (Å²) < 4.78 is 0. The zero-order valence-corrected chi connectivity index (χ0v) is 11.5. The molecule has 0 aliphatic carbocycles. The molecule has 0 unspecified atom stereocenters. The van der Waals surface area contributed by atoms with E-state index in [0.717, 1.165) is 18.4 Å². The molecule has 1 rings (SSSR count). The largest absolute Gasteiger partial charge is 0.341 e. The van der Waals surface area contributed by atoms with Crippen molar-refractivity contribution in [1.82, 2.24) is 9.88 Å². The second-order valence-electron chi connectivity index (χ2n) is 4.71. The molecule has 4 heteroatoms. The van der Waals surface area contributed by atoms with Crippen LogP contribution in [0.1, 0.15) is 32.3 Å². The molecule has 1 heterocycles. The lowest BCUT2D eigenvalue weighted by molar-refractivity contribution is -0.141. The molecule has 0 spiro atoms. The van der Waals surface area contributed by atoms with E-state index in [1.54, 1.807) is 17.3 Å². The first-order valence-corrected chi connectivity index (χ1v) is 6.44. The van der Waals surface area contributed by atoms with Crippen molar-refractivity contribution in [1.29, 1.82) is 0 Å². The summed E-state index contributed by atoms with van der Waals surface area (Å²) in [4.78, 5) is 18.3. The maximum Gasteiger partial charge on any atom is 0.230 e. The molecule has 0 fully saturated rings. The van der Waals surface area contributed by atoms with E-state index < -0.39 is 5.41 Å². The van der Waals surface area contributed by atoms with Crippen LogP contribution < -0.4 is 5.73 Å². The van der Waals surface area contributed by atoms with Gasteiger partial charge in [-0.05, 0) is 24.5 Å². The van der Waals surface area contributed by atoms with E-state index in [2.05, 4.69) is 4.98 Å². The minimum absolute atomic E-state index is 0.124. The third-order valence-corrected chi connectivity index (χ3v) is 3.69. The van der Waals surface area contributed by atoms with E-state index in [4.69, 9.17) is 5.73 Å². The number of nitrogens with zero attached hydrogens (tertiary/aromatic N) is 2. The number of amides is 1. The Morgan fingerprint density at radius 3 is 2.56 bits per heavy atom. The smallest absolute Gasteiger partial charge is 0.230 e. The molecule has 0 saturated heterocycles. The molecule has 0 radical (unpaired) electrons. The molecule has 100 valence electrons. The van der Waals surface area contributed by atoms with Crippen LogP contribution >= 0.6 is 0 Å². The lowest BCUT2D eigenvalue weighted by Gasteiger charge is -2.33. The predicted octanol–water partition coefficient (Wildman–Crippen LogP) is 1.81. The Morgan fingerprint density at radius 2 is 2.11 bits per heavy atom. The first-order chi connectivity index (χ1) is 8.59. The monoisotopic (exact) mass is 249 g/mol. The van der Waals surface area contributed by atoms with Gasteiger partial charge in [-0.3, -0.25) is 9.78 Å². The zero-order chi connectivity index (χ0) is 13.6. The number of hydrogen-bond acceptors (Lipinski definition) is 3. The van der Waals surface area contributed by atoms with E-state index in [9.17, 15) is 4.79 Å². The fourth-order valence-electron chi connectivity index (χ4n) is 2.17. The van der Waals surface area contributed by atoms with Gasteiger partial charge in [-0.1, -0.05) is 19.9 Å². The van der Waals surface area contributed by atoms with Gasteiger partial charge in [0.2, 0.25) is 5.91 Å². The van der Waals surface area contributed by atoms with Crippen molar-refractivity contribution in [3.63, 3.8) is 0 Å². The SMILES string of the molecule is CCC(CC)(CN)C(=O)N(C)Cc1cccnc1. The highest BCUT2D eigenvalue weighted by Gasteiger charge is 2.35. The van der Waals surface area contributed by atoms with E-state index in [0.29, 0.717) is 13.1 Å². The minimum atomic E-state index is -0.420. The Hall–Kier alpha value is -1.42. The number of aromatic nitrogens is 1. The Balaban J connectivity index is 2.77. The topological polar surface area (TPSA) is 59.2 Å². The number of rotatable bonds is 6. The Labute approximate surface area is 109 Å². The van der Waals surface area contributed by atoms with Crippen molar-refractivity contribution in [3.05, 3.63) is 30.1 Å². The van der Waals surface area contributed by atoms with Crippen LogP contribution in [0.15, 0.2) is 24.5 Å². The van der Waals surface area contributed by atoms with Crippen LogP contribution in [0.2, 0.25) is 0 Å². The zero-order valence-electron chi connectivity index (χ0n) is 11.5. The number of pyridine rings is 1. The average Bonchev–Trinajstić information content (AvgIpc) is 2.42. The van der Waals surface area contributed by atoms with Crippen molar-refractivity contribution in [2.24, 2.45) is 11.1 Å². The van der Waals surface area contributed by atoms with Gasteiger partial charge in [-0.2, -0.15) is 0 Å². The fraction of sp³-hybridized carbons (Fsp3) is 0.571. The highest BCUT2D eigenvalue weighted by Crippen LogP contribution is 2.27. The quantitative estimate of drug-likeness (QED) is 0.836. The lowest BCUT2D eigenvalue weighted by atomic mass is 9.81. The van der Waals surface area contributed by atoms with Crippen molar-refractivity contribution in [2.45, 2.75) is 33.2 Å². The molecule has 0 saturated carbocycles. The Morgan fingerprint density at radius 1 is 1.44 bits per heavy atom.